The number of rotatable bonds is 7. The summed E-state index contributed by atoms with van der Waals surface area (Å²) in [6.07, 6.45) is 9.43. The number of hydrogen-bond donors (Lipinski definition) is 1. The Morgan fingerprint density at radius 2 is 2.47 bits per heavy atom. The molecule has 1 N–H and O–H groups in total. The molecule has 0 radical (unpaired) electrons. The fraction of sp³-hybridized carbons (Fsp3) is 0.500. The van der Waals surface area contributed by atoms with Crippen molar-refractivity contribution < 1.29 is 0 Å². The quantitative estimate of drug-likeness (QED) is 0.588. The standard InChI is InChI=1S/C12H17N3OS/c1-3-7-15-8-5-13-11(12(15)16)14-6-10-17-9-4-2/h2,5,8H,3,6-7,9-10H2,1H3,(H,13,14). The summed E-state index contributed by atoms with van der Waals surface area (Å²) < 4.78 is 1.67. The maximum absolute atomic E-state index is 11.9. The molecular weight excluding hydrogens is 234 g/mol. The first kappa shape index (κ1) is 13.7. The van der Waals surface area contributed by atoms with Gasteiger partial charge in [-0.3, -0.25) is 4.79 Å². The van der Waals surface area contributed by atoms with Crippen molar-refractivity contribution in [3.05, 3.63) is 22.7 Å². The van der Waals surface area contributed by atoms with Crippen LogP contribution in [0.2, 0.25) is 0 Å². The van der Waals surface area contributed by atoms with Crippen LogP contribution in [0.25, 0.3) is 0 Å². The highest BCUT2D eigenvalue weighted by Crippen LogP contribution is 1.99. The lowest BCUT2D eigenvalue weighted by Gasteiger charge is -2.07. The van der Waals surface area contributed by atoms with Crippen molar-refractivity contribution in [1.29, 1.82) is 0 Å². The molecule has 0 spiro atoms. The summed E-state index contributed by atoms with van der Waals surface area (Å²) in [5, 5.41) is 3.04. The monoisotopic (exact) mass is 251 g/mol. The second kappa shape index (κ2) is 7.80. The maximum Gasteiger partial charge on any atom is 0.293 e. The normalized spacial score (nSPS) is 9.88. The SMILES string of the molecule is C#CCSCCNc1nccn(CCC)c1=O. The first-order valence-corrected chi connectivity index (χ1v) is 6.75. The molecule has 0 aliphatic rings. The minimum atomic E-state index is -0.0590. The molecule has 1 heterocycles. The highest BCUT2D eigenvalue weighted by atomic mass is 32.2. The van der Waals surface area contributed by atoms with E-state index in [9.17, 15) is 4.79 Å². The lowest BCUT2D eigenvalue weighted by molar-refractivity contribution is 0.649. The van der Waals surface area contributed by atoms with Crippen LogP contribution in [-0.4, -0.2) is 27.6 Å². The van der Waals surface area contributed by atoms with Crippen LogP contribution < -0.4 is 10.9 Å². The summed E-state index contributed by atoms with van der Waals surface area (Å²) in [4.78, 5) is 15.9. The molecule has 1 rings (SSSR count). The minimum Gasteiger partial charge on any atom is -0.365 e. The summed E-state index contributed by atoms with van der Waals surface area (Å²) in [7, 11) is 0. The zero-order valence-corrected chi connectivity index (χ0v) is 10.8. The molecule has 0 saturated heterocycles. The third-order valence-electron chi connectivity index (χ3n) is 2.10. The van der Waals surface area contributed by atoms with Crippen LogP contribution in [0.1, 0.15) is 13.3 Å². The average molecular weight is 251 g/mol. The van der Waals surface area contributed by atoms with Crippen molar-refractivity contribution in [2.45, 2.75) is 19.9 Å². The Morgan fingerprint density at radius 1 is 1.65 bits per heavy atom. The number of nitrogens with one attached hydrogen (secondary N) is 1. The zero-order valence-electron chi connectivity index (χ0n) is 9.98. The number of aromatic nitrogens is 2. The van der Waals surface area contributed by atoms with Crippen LogP contribution in [0.3, 0.4) is 0 Å². The Morgan fingerprint density at radius 3 is 3.18 bits per heavy atom. The van der Waals surface area contributed by atoms with Crippen molar-refractivity contribution >= 4 is 17.6 Å². The van der Waals surface area contributed by atoms with Crippen molar-refractivity contribution in [2.24, 2.45) is 0 Å². The molecule has 0 bridgehead atoms. The second-order valence-corrected chi connectivity index (χ2v) is 4.56. The van der Waals surface area contributed by atoms with Crippen LogP contribution in [0.15, 0.2) is 17.2 Å². The van der Waals surface area contributed by atoms with Gasteiger partial charge in [0.05, 0.1) is 5.75 Å². The van der Waals surface area contributed by atoms with Gasteiger partial charge < -0.3 is 9.88 Å². The molecule has 1 aromatic rings. The number of nitrogens with zero attached hydrogens (tertiary/aromatic N) is 2. The molecule has 17 heavy (non-hydrogen) atoms. The van der Waals surface area contributed by atoms with Gasteiger partial charge in [-0.2, -0.15) is 0 Å². The van der Waals surface area contributed by atoms with Gasteiger partial charge in [0.25, 0.3) is 5.56 Å². The average Bonchev–Trinajstić information content (AvgIpc) is 2.33. The van der Waals surface area contributed by atoms with E-state index < -0.39 is 0 Å². The summed E-state index contributed by atoms with van der Waals surface area (Å²) in [6, 6.07) is 0. The molecule has 0 aromatic carbocycles. The number of thioether (sulfide) groups is 1. The van der Waals surface area contributed by atoms with Gasteiger partial charge in [0, 0.05) is 31.2 Å². The summed E-state index contributed by atoms with van der Waals surface area (Å²) in [5.74, 6) is 4.54. The highest BCUT2D eigenvalue weighted by Gasteiger charge is 2.02. The van der Waals surface area contributed by atoms with Crippen LogP contribution in [0.4, 0.5) is 5.82 Å². The van der Waals surface area contributed by atoms with Crippen LogP contribution in [0.5, 0.6) is 0 Å². The molecule has 5 heteroatoms. The Bertz CT molecular complexity index is 436. The molecule has 0 unspecified atom stereocenters. The van der Waals surface area contributed by atoms with Gasteiger partial charge in [-0.25, -0.2) is 4.98 Å². The lowest BCUT2D eigenvalue weighted by Crippen LogP contribution is -2.25. The second-order valence-electron chi connectivity index (χ2n) is 3.46. The zero-order chi connectivity index (χ0) is 12.5. The van der Waals surface area contributed by atoms with Crippen LogP contribution in [-0.2, 0) is 6.54 Å². The first-order valence-electron chi connectivity index (χ1n) is 5.60. The highest BCUT2D eigenvalue weighted by molar-refractivity contribution is 7.99. The third kappa shape index (κ3) is 4.53. The molecule has 4 nitrogen and oxygen atoms in total. The van der Waals surface area contributed by atoms with Crippen molar-refractivity contribution in [3.63, 3.8) is 0 Å². The lowest BCUT2D eigenvalue weighted by atomic mass is 10.4. The third-order valence-corrected chi connectivity index (χ3v) is 2.97. The van der Waals surface area contributed by atoms with Crippen molar-refractivity contribution in [3.8, 4) is 12.3 Å². The molecule has 0 aliphatic heterocycles. The van der Waals surface area contributed by atoms with Gasteiger partial charge in [-0.15, -0.1) is 18.2 Å². The predicted molar refractivity (Wildman–Crippen MR) is 73.4 cm³/mol. The molecule has 0 aliphatic carbocycles. The van der Waals surface area contributed by atoms with E-state index in [2.05, 4.69) is 16.2 Å². The topological polar surface area (TPSA) is 46.9 Å². The van der Waals surface area contributed by atoms with E-state index in [1.54, 1.807) is 28.7 Å². The van der Waals surface area contributed by atoms with E-state index in [1.807, 2.05) is 6.92 Å². The number of anilines is 1. The Kier molecular flexibility index (Phi) is 6.26. The molecule has 0 amide bonds. The van der Waals surface area contributed by atoms with Gasteiger partial charge in [0.15, 0.2) is 5.82 Å². The van der Waals surface area contributed by atoms with Crippen LogP contribution in [0, 0.1) is 12.3 Å². The Labute approximate surface area is 106 Å². The summed E-state index contributed by atoms with van der Waals surface area (Å²) >= 11 is 1.66. The molecule has 92 valence electrons. The smallest absolute Gasteiger partial charge is 0.293 e. The number of hydrogen-bond acceptors (Lipinski definition) is 4. The van der Waals surface area contributed by atoms with Crippen molar-refractivity contribution in [1.82, 2.24) is 9.55 Å². The number of aryl methyl sites for hydroxylation is 1. The summed E-state index contributed by atoms with van der Waals surface area (Å²) in [5.41, 5.74) is -0.0590. The van der Waals surface area contributed by atoms with Crippen LogP contribution >= 0.6 is 11.8 Å². The van der Waals surface area contributed by atoms with Gasteiger partial charge in [-0.1, -0.05) is 12.8 Å². The first-order chi connectivity index (χ1) is 8.29. The Balaban J connectivity index is 2.51. The van der Waals surface area contributed by atoms with Crippen molar-refractivity contribution in [2.75, 3.05) is 23.4 Å². The molecule has 0 saturated carbocycles. The Hall–Kier alpha value is -1.41. The largest absolute Gasteiger partial charge is 0.365 e. The van der Waals surface area contributed by atoms with Gasteiger partial charge >= 0.3 is 0 Å². The summed E-state index contributed by atoms with van der Waals surface area (Å²) in [6.45, 7) is 3.46. The van der Waals surface area contributed by atoms with E-state index >= 15 is 0 Å². The van der Waals surface area contributed by atoms with E-state index in [4.69, 9.17) is 6.42 Å². The molecule has 1 aromatic heterocycles. The predicted octanol–water partition coefficient (Wildman–Crippen LogP) is 1.43. The molecular formula is C12H17N3OS. The van der Waals surface area contributed by atoms with Gasteiger partial charge in [-0.05, 0) is 6.42 Å². The number of terminal acetylenes is 1. The van der Waals surface area contributed by atoms with Gasteiger partial charge in [0.1, 0.15) is 0 Å². The fourth-order valence-electron chi connectivity index (χ4n) is 1.36. The molecule has 0 atom stereocenters. The maximum atomic E-state index is 11.9. The van der Waals surface area contributed by atoms with E-state index in [1.165, 1.54) is 0 Å². The molecule has 0 fully saturated rings. The van der Waals surface area contributed by atoms with Gasteiger partial charge in [0.2, 0.25) is 0 Å². The fourth-order valence-corrected chi connectivity index (χ4v) is 1.87. The van der Waals surface area contributed by atoms with E-state index in [0.29, 0.717) is 18.1 Å². The minimum absolute atomic E-state index is 0.0590. The van der Waals surface area contributed by atoms with E-state index in [0.717, 1.165) is 18.7 Å². The van der Waals surface area contributed by atoms with E-state index in [-0.39, 0.29) is 5.56 Å².